The number of halogens is 1. The van der Waals surface area contributed by atoms with Crippen LogP contribution in [0.4, 0.5) is 4.39 Å². The molecule has 0 unspecified atom stereocenters. The first-order valence-corrected chi connectivity index (χ1v) is 12.9. The van der Waals surface area contributed by atoms with E-state index in [0.717, 1.165) is 9.87 Å². The second-order valence-corrected chi connectivity index (χ2v) is 10.5. The Morgan fingerprint density at radius 1 is 0.882 bits per heavy atom. The molecular weight excluding hydrogens is 475 g/mol. The topological polar surface area (TPSA) is 85.2 Å². The van der Waals surface area contributed by atoms with Gasteiger partial charge in [0.25, 0.3) is 15.9 Å². The number of carbonyl (C=O) groups excluding carboxylic acids is 1. The molecular formula is C24H19FN4O3S2. The van der Waals surface area contributed by atoms with Crippen LogP contribution in [-0.2, 0) is 16.6 Å². The van der Waals surface area contributed by atoms with Crippen molar-refractivity contribution in [3.63, 3.8) is 0 Å². The molecule has 2 heterocycles. The van der Waals surface area contributed by atoms with Gasteiger partial charge < -0.3 is 0 Å². The van der Waals surface area contributed by atoms with Crippen LogP contribution in [0.1, 0.15) is 15.9 Å². The number of carbonyl (C=O) groups is 1. The summed E-state index contributed by atoms with van der Waals surface area (Å²) in [4.78, 5) is 12.7. The van der Waals surface area contributed by atoms with Gasteiger partial charge in [-0.15, -0.1) is 10.2 Å². The van der Waals surface area contributed by atoms with Crippen LogP contribution in [0, 0.1) is 5.82 Å². The van der Waals surface area contributed by atoms with Crippen LogP contribution in [-0.4, -0.2) is 45.7 Å². The molecule has 1 aliphatic rings. The van der Waals surface area contributed by atoms with Gasteiger partial charge in [-0.25, -0.2) is 17.1 Å². The minimum atomic E-state index is -3.86. The highest BCUT2D eigenvalue weighted by Crippen LogP contribution is 2.31. The lowest BCUT2D eigenvalue weighted by atomic mass is 10.2. The van der Waals surface area contributed by atoms with Crippen LogP contribution in [0.3, 0.4) is 0 Å². The average Bonchev–Trinajstić information content (AvgIpc) is 3.32. The Balaban J connectivity index is 1.39. The van der Waals surface area contributed by atoms with E-state index in [-0.39, 0.29) is 22.8 Å². The maximum Gasteiger partial charge on any atom is 0.269 e. The predicted molar refractivity (Wildman–Crippen MR) is 126 cm³/mol. The second kappa shape index (κ2) is 9.03. The van der Waals surface area contributed by atoms with Gasteiger partial charge in [0.2, 0.25) is 0 Å². The quantitative estimate of drug-likeness (QED) is 0.360. The molecule has 0 spiro atoms. The summed E-state index contributed by atoms with van der Waals surface area (Å²) >= 11 is 1.31. The first-order valence-electron chi connectivity index (χ1n) is 10.5. The van der Waals surface area contributed by atoms with Crippen molar-refractivity contribution < 1.29 is 17.6 Å². The van der Waals surface area contributed by atoms with Crippen molar-refractivity contribution in [3.05, 3.63) is 95.8 Å². The van der Waals surface area contributed by atoms with Crippen molar-refractivity contribution in [2.45, 2.75) is 16.6 Å². The van der Waals surface area contributed by atoms with Gasteiger partial charge in [0, 0.05) is 17.9 Å². The highest BCUT2D eigenvalue weighted by molar-refractivity contribution is 7.99. The highest BCUT2D eigenvalue weighted by atomic mass is 32.2. The van der Waals surface area contributed by atoms with E-state index in [4.69, 9.17) is 0 Å². The molecule has 0 bridgehead atoms. The third-order valence-corrected chi connectivity index (χ3v) is 8.23. The molecule has 0 saturated carbocycles. The summed E-state index contributed by atoms with van der Waals surface area (Å²) in [5.74, 6) is 0.0116. The van der Waals surface area contributed by atoms with E-state index in [1.54, 1.807) is 24.3 Å². The molecule has 0 aliphatic carbocycles. The number of benzene rings is 3. The number of fused-ring (bicyclic) bond motifs is 1. The molecule has 172 valence electrons. The van der Waals surface area contributed by atoms with Crippen molar-refractivity contribution in [1.29, 1.82) is 0 Å². The van der Waals surface area contributed by atoms with Gasteiger partial charge in [-0.05, 0) is 42.0 Å². The highest BCUT2D eigenvalue weighted by Gasteiger charge is 2.40. The molecule has 0 fully saturated rings. The van der Waals surface area contributed by atoms with Crippen LogP contribution in [0.25, 0.3) is 11.4 Å². The molecule has 34 heavy (non-hydrogen) atoms. The number of hydrogen-bond acceptors (Lipinski definition) is 6. The monoisotopic (exact) mass is 494 g/mol. The smallest absolute Gasteiger partial charge is 0.269 e. The lowest BCUT2D eigenvalue weighted by molar-refractivity contribution is 0.0876. The van der Waals surface area contributed by atoms with E-state index in [2.05, 4.69) is 10.2 Å². The molecule has 3 aromatic carbocycles. The van der Waals surface area contributed by atoms with E-state index in [1.807, 2.05) is 34.9 Å². The standard InChI is InChI=1S/C24H19FN4O3S2/c25-19-12-10-18(11-13-19)22-26-27-24(28(22)16-17-6-2-1-3-7-17)33-15-14-29-23(30)20-8-4-5-9-21(20)34(29,31)32/h1-13H,14-16H2. The summed E-state index contributed by atoms with van der Waals surface area (Å²) in [6.45, 7) is 0.486. The first-order chi connectivity index (χ1) is 16.4. The van der Waals surface area contributed by atoms with E-state index in [1.165, 1.54) is 36.0 Å². The van der Waals surface area contributed by atoms with Crippen molar-refractivity contribution >= 4 is 27.7 Å². The van der Waals surface area contributed by atoms with Gasteiger partial charge >= 0.3 is 0 Å². The normalized spacial score (nSPS) is 14.4. The summed E-state index contributed by atoms with van der Waals surface area (Å²) in [6.07, 6.45) is 0. The van der Waals surface area contributed by atoms with E-state index in [0.29, 0.717) is 28.8 Å². The Morgan fingerprint density at radius 2 is 1.59 bits per heavy atom. The number of sulfonamides is 1. The summed E-state index contributed by atoms with van der Waals surface area (Å²) in [7, 11) is -3.86. The van der Waals surface area contributed by atoms with Crippen LogP contribution >= 0.6 is 11.8 Å². The minimum absolute atomic E-state index is 0.00456. The summed E-state index contributed by atoms with van der Waals surface area (Å²) < 4.78 is 41.8. The van der Waals surface area contributed by atoms with Crippen LogP contribution in [0.5, 0.6) is 0 Å². The predicted octanol–water partition coefficient (Wildman–Crippen LogP) is 4.07. The average molecular weight is 495 g/mol. The third-order valence-electron chi connectivity index (χ3n) is 5.44. The second-order valence-electron chi connectivity index (χ2n) is 7.61. The molecule has 5 rings (SSSR count). The Hall–Kier alpha value is -3.50. The number of rotatable bonds is 7. The van der Waals surface area contributed by atoms with Crippen LogP contribution < -0.4 is 0 Å². The van der Waals surface area contributed by atoms with Gasteiger partial charge in [-0.2, -0.15) is 0 Å². The SMILES string of the molecule is O=C1c2ccccc2S(=O)(=O)N1CCSc1nnc(-c2ccc(F)cc2)n1Cc1ccccc1. The molecule has 1 amide bonds. The zero-order chi connectivity index (χ0) is 23.7. The number of amides is 1. The van der Waals surface area contributed by atoms with E-state index < -0.39 is 15.9 Å². The van der Waals surface area contributed by atoms with Gasteiger partial charge in [-0.3, -0.25) is 9.36 Å². The van der Waals surface area contributed by atoms with Gasteiger partial charge in [0.15, 0.2) is 11.0 Å². The van der Waals surface area contributed by atoms with Gasteiger partial charge in [-0.1, -0.05) is 54.2 Å². The zero-order valence-corrected chi connectivity index (χ0v) is 19.5. The lowest BCUT2D eigenvalue weighted by Crippen LogP contribution is -2.32. The fourth-order valence-electron chi connectivity index (χ4n) is 3.79. The van der Waals surface area contributed by atoms with Crippen LogP contribution in [0.15, 0.2) is 88.9 Å². The Kier molecular flexibility index (Phi) is 5.93. The van der Waals surface area contributed by atoms with Crippen molar-refractivity contribution in [3.8, 4) is 11.4 Å². The van der Waals surface area contributed by atoms with Crippen LogP contribution in [0.2, 0.25) is 0 Å². The number of thioether (sulfide) groups is 1. The number of aromatic nitrogens is 3. The molecule has 0 radical (unpaired) electrons. The molecule has 1 aliphatic heterocycles. The van der Waals surface area contributed by atoms with Crippen molar-refractivity contribution in [2.24, 2.45) is 0 Å². The molecule has 0 saturated heterocycles. The molecule has 0 atom stereocenters. The van der Waals surface area contributed by atoms with E-state index >= 15 is 0 Å². The summed E-state index contributed by atoms with van der Waals surface area (Å²) in [5, 5.41) is 9.18. The fraction of sp³-hybridized carbons (Fsp3) is 0.125. The van der Waals surface area contributed by atoms with Gasteiger partial charge in [0.1, 0.15) is 10.7 Å². The Morgan fingerprint density at radius 3 is 2.32 bits per heavy atom. The number of nitrogens with zero attached hydrogens (tertiary/aromatic N) is 4. The van der Waals surface area contributed by atoms with Gasteiger partial charge in [0.05, 0.1) is 12.1 Å². The fourth-order valence-corrected chi connectivity index (χ4v) is 6.34. The molecule has 7 nitrogen and oxygen atoms in total. The summed E-state index contributed by atoms with van der Waals surface area (Å²) in [5.41, 5.74) is 1.93. The molecule has 10 heteroatoms. The zero-order valence-electron chi connectivity index (χ0n) is 17.8. The van der Waals surface area contributed by atoms with E-state index in [9.17, 15) is 17.6 Å². The number of hydrogen-bond donors (Lipinski definition) is 0. The molecule has 0 N–H and O–H groups in total. The maximum atomic E-state index is 13.4. The largest absolute Gasteiger partial charge is 0.298 e. The molecule has 4 aromatic rings. The summed E-state index contributed by atoms with van der Waals surface area (Å²) in [6, 6.07) is 22.0. The Labute approximate surface area is 200 Å². The third kappa shape index (κ3) is 4.10. The Bertz CT molecular complexity index is 1460. The maximum absolute atomic E-state index is 13.4. The molecule has 1 aromatic heterocycles. The minimum Gasteiger partial charge on any atom is -0.298 e. The van der Waals surface area contributed by atoms with Crippen molar-refractivity contribution in [1.82, 2.24) is 19.1 Å². The lowest BCUT2D eigenvalue weighted by Gasteiger charge is -2.15. The first kappa shape index (κ1) is 22.3. The van der Waals surface area contributed by atoms with Crippen molar-refractivity contribution in [2.75, 3.05) is 12.3 Å².